The van der Waals surface area contributed by atoms with E-state index in [0.29, 0.717) is 22.3 Å². The Balaban J connectivity index is 1.33. The number of fused-ring (bicyclic) bond motifs is 1. The Morgan fingerprint density at radius 3 is 2.34 bits per heavy atom. The molecule has 4 aromatic rings. The van der Waals surface area contributed by atoms with Gasteiger partial charge in [0.25, 0.3) is 5.91 Å². The molecule has 2 N–H and O–H groups in total. The molecule has 208 valence electrons. The number of ether oxygens (including phenoxy) is 1. The lowest BCUT2D eigenvalue weighted by atomic mass is 10.1. The number of amides is 4. The Morgan fingerprint density at radius 2 is 1.61 bits per heavy atom. The SMILES string of the molecule is COC(=O)c1ccc(NC(=O)N2CCN(C(=O)c3cnc4ccccc4n3)C(C(=O)NCc3ccccc3)C2)cc1. The van der Waals surface area contributed by atoms with E-state index in [-0.39, 0.29) is 31.9 Å². The number of carbonyl (C=O) groups excluding carboxylic acids is 4. The Labute approximate surface area is 236 Å². The van der Waals surface area contributed by atoms with E-state index in [9.17, 15) is 19.2 Å². The van der Waals surface area contributed by atoms with Crippen LogP contribution in [-0.2, 0) is 16.1 Å². The van der Waals surface area contributed by atoms with Gasteiger partial charge in [-0.1, -0.05) is 42.5 Å². The molecule has 1 aliphatic heterocycles. The number of carbonyl (C=O) groups is 4. The fourth-order valence-electron chi connectivity index (χ4n) is 4.56. The average Bonchev–Trinajstić information content (AvgIpc) is 3.03. The molecule has 11 nitrogen and oxygen atoms in total. The van der Waals surface area contributed by atoms with Crippen LogP contribution in [0.2, 0.25) is 0 Å². The Morgan fingerprint density at radius 1 is 0.902 bits per heavy atom. The van der Waals surface area contributed by atoms with Gasteiger partial charge >= 0.3 is 12.0 Å². The highest BCUT2D eigenvalue weighted by atomic mass is 16.5. The van der Waals surface area contributed by atoms with Crippen LogP contribution in [0.15, 0.2) is 85.1 Å². The van der Waals surface area contributed by atoms with Crippen LogP contribution in [0.4, 0.5) is 10.5 Å². The normalized spacial score (nSPS) is 14.8. The molecule has 1 unspecified atom stereocenters. The first-order valence-corrected chi connectivity index (χ1v) is 13.0. The van der Waals surface area contributed by atoms with Crippen LogP contribution < -0.4 is 10.6 Å². The lowest BCUT2D eigenvalue weighted by molar-refractivity contribution is -0.127. The summed E-state index contributed by atoms with van der Waals surface area (Å²) in [5.41, 5.74) is 3.07. The number of esters is 1. The summed E-state index contributed by atoms with van der Waals surface area (Å²) in [6.07, 6.45) is 1.40. The van der Waals surface area contributed by atoms with Crippen molar-refractivity contribution in [1.29, 1.82) is 0 Å². The molecule has 1 atom stereocenters. The highest BCUT2D eigenvalue weighted by molar-refractivity contribution is 5.98. The summed E-state index contributed by atoms with van der Waals surface area (Å²) in [5.74, 6) is -1.32. The molecular formula is C30H28N6O5. The van der Waals surface area contributed by atoms with E-state index in [2.05, 4.69) is 20.6 Å². The number of nitrogens with zero attached hydrogens (tertiary/aromatic N) is 4. The number of aromatic nitrogens is 2. The van der Waals surface area contributed by atoms with Crippen molar-refractivity contribution in [3.63, 3.8) is 0 Å². The van der Waals surface area contributed by atoms with Crippen molar-refractivity contribution in [2.45, 2.75) is 12.6 Å². The maximum absolute atomic E-state index is 13.6. The second-order valence-electron chi connectivity index (χ2n) is 9.41. The summed E-state index contributed by atoms with van der Waals surface area (Å²) in [4.78, 5) is 63.6. The molecule has 1 aliphatic rings. The molecule has 1 saturated heterocycles. The molecule has 11 heteroatoms. The minimum absolute atomic E-state index is 0.0283. The predicted molar refractivity (Wildman–Crippen MR) is 151 cm³/mol. The van der Waals surface area contributed by atoms with Crippen molar-refractivity contribution in [3.8, 4) is 0 Å². The second-order valence-corrected chi connectivity index (χ2v) is 9.41. The number of methoxy groups -OCH3 is 1. The average molecular weight is 553 g/mol. The number of benzene rings is 3. The number of piperazine rings is 1. The molecule has 5 rings (SSSR count). The maximum atomic E-state index is 13.6. The van der Waals surface area contributed by atoms with Crippen molar-refractivity contribution in [1.82, 2.24) is 25.1 Å². The first-order valence-electron chi connectivity index (χ1n) is 13.0. The number of hydrogen-bond donors (Lipinski definition) is 2. The van der Waals surface area contributed by atoms with Gasteiger partial charge in [0.05, 0.1) is 36.4 Å². The molecule has 41 heavy (non-hydrogen) atoms. The molecule has 4 amide bonds. The van der Waals surface area contributed by atoms with Crippen LogP contribution in [0.1, 0.15) is 26.4 Å². The number of hydrogen-bond acceptors (Lipinski definition) is 7. The van der Waals surface area contributed by atoms with Crippen LogP contribution in [0.3, 0.4) is 0 Å². The van der Waals surface area contributed by atoms with E-state index in [0.717, 1.165) is 5.56 Å². The van der Waals surface area contributed by atoms with Gasteiger partial charge in [-0.3, -0.25) is 14.6 Å². The first kappa shape index (κ1) is 27.3. The largest absolute Gasteiger partial charge is 0.465 e. The molecule has 0 bridgehead atoms. The van der Waals surface area contributed by atoms with E-state index in [1.165, 1.54) is 23.1 Å². The molecule has 3 aromatic carbocycles. The highest BCUT2D eigenvalue weighted by Gasteiger charge is 2.38. The molecule has 0 saturated carbocycles. The third kappa shape index (κ3) is 6.30. The molecule has 0 radical (unpaired) electrons. The monoisotopic (exact) mass is 552 g/mol. The number of anilines is 1. The van der Waals surface area contributed by atoms with Gasteiger partial charge in [0.2, 0.25) is 5.91 Å². The van der Waals surface area contributed by atoms with Gasteiger partial charge in [0.1, 0.15) is 11.7 Å². The Kier molecular flexibility index (Phi) is 8.14. The minimum Gasteiger partial charge on any atom is -0.465 e. The maximum Gasteiger partial charge on any atom is 0.337 e. The van der Waals surface area contributed by atoms with Crippen LogP contribution in [0.5, 0.6) is 0 Å². The second kappa shape index (κ2) is 12.2. The first-order chi connectivity index (χ1) is 19.9. The molecule has 1 fully saturated rings. The van der Waals surface area contributed by atoms with E-state index >= 15 is 0 Å². The summed E-state index contributed by atoms with van der Waals surface area (Å²) < 4.78 is 4.70. The Bertz CT molecular complexity index is 1580. The summed E-state index contributed by atoms with van der Waals surface area (Å²) >= 11 is 0. The minimum atomic E-state index is -0.958. The predicted octanol–water partition coefficient (Wildman–Crippen LogP) is 3.09. The van der Waals surface area contributed by atoms with Crippen LogP contribution in [-0.4, -0.2) is 76.4 Å². The third-order valence-electron chi connectivity index (χ3n) is 6.77. The van der Waals surface area contributed by atoms with Crippen molar-refractivity contribution < 1.29 is 23.9 Å². The summed E-state index contributed by atoms with van der Waals surface area (Å²) in [6.45, 7) is 0.554. The molecule has 0 aliphatic carbocycles. The van der Waals surface area contributed by atoms with E-state index < -0.39 is 29.9 Å². The van der Waals surface area contributed by atoms with Gasteiger partial charge < -0.3 is 25.2 Å². The van der Waals surface area contributed by atoms with Crippen LogP contribution >= 0.6 is 0 Å². The van der Waals surface area contributed by atoms with Gasteiger partial charge in [0.15, 0.2) is 0 Å². The summed E-state index contributed by atoms with van der Waals surface area (Å²) in [7, 11) is 1.29. The summed E-state index contributed by atoms with van der Waals surface area (Å²) in [5, 5.41) is 5.68. The topological polar surface area (TPSA) is 134 Å². The van der Waals surface area contributed by atoms with Crippen molar-refractivity contribution in [3.05, 3.63) is 102 Å². The lowest BCUT2D eigenvalue weighted by Gasteiger charge is -2.40. The van der Waals surface area contributed by atoms with Crippen molar-refractivity contribution in [2.24, 2.45) is 0 Å². The van der Waals surface area contributed by atoms with Gasteiger partial charge in [-0.05, 0) is 42.0 Å². The van der Waals surface area contributed by atoms with Crippen molar-refractivity contribution >= 4 is 40.5 Å². The molecule has 0 spiro atoms. The fraction of sp³-hybridized carbons (Fsp3) is 0.200. The van der Waals surface area contributed by atoms with E-state index in [4.69, 9.17) is 4.74 Å². The van der Waals surface area contributed by atoms with E-state index in [1.807, 2.05) is 42.5 Å². The smallest absolute Gasteiger partial charge is 0.337 e. The zero-order valence-corrected chi connectivity index (χ0v) is 22.3. The van der Waals surface area contributed by atoms with Gasteiger partial charge in [-0.15, -0.1) is 0 Å². The number of urea groups is 1. The quantitative estimate of drug-likeness (QED) is 0.351. The number of para-hydroxylation sites is 2. The number of nitrogens with one attached hydrogen (secondary N) is 2. The summed E-state index contributed by atoms with van der Waals surface area (Å²) in [6, 6.07) is 21.5. The van der Waals surface area contributed by atoms with Gasteiger partial charge in [-0.25, -0.2) is 14.6 Å². The number of rotatable bonds is 6. The van der Waals surface area contributed by atoms with Crippen LogP contribution in [0.25, 0.3) is 11.0 Å². The zero-order valence-electron chi connectivity index (χ0n) is 22.3. The van der Waals surface area contributed by atoms with Crippen LogP contribution in [0, 0.1) is 0 Å². The lowest BCUT2D eigenvalue weighted by Crippen LogP contribution is -2.62. The van der Waals surface area contributed by atoms with Gasteiger partial charge in [0, 0.05) is 25.3 Å². The third-order valence-corrected chi connectivity index (χ3v) is 6.77. The molecule has 2 heterocycles. The fourth-order valence-corrected chi connectivity index (χ4v) is 4.56. The van der Waals surface area contributed by atoms with E-state index in [1.54, 1.807) is 36.4 Å². The van der Waals surface area contributed by atoms with Gasteiger partial charge in [-0.2, -0.15) is 0 Å². The molecular weight excluding hydrogens is 524 g/mol. The molecule has 1 aromatic heterocycles. The highest BCUT2D eigenvalue weighted by Crippen LogP contribution is 2.18. The Hall–Kier alpha value is -5.32. The standard InChI is InChI=1S/C30H28N6O5/c1-41-29(39)21-11-13-22(14-12-21)33-30(40)35-15-16-36(26(19-35)27(37)32-17-20-7-3-2-4-8-20)28(38)25-18-31-23-9-5-6-10-24(23)34-25/h2-14,18,26H,15-17,19H2,1H3,(H,32,37)(H,33,40). The zero-order chi connectivity index (χ0) is 28.8. The van der Waals surface area contributed by atoms with Crippen molar-refractivity contribution in [2.75, 3.05) is 32.1 Å².